The van der Waals surface area contributed by atoms with Crippen LogP contribution in [0.3, 0.4) is 0 Å². The summed E-state index contributed by atoms with van der Waals surface area (Å²) in [5, 5.41) is 0.564. The molecule has 6 nitrogen and oxygen atoms in total. The summed E-state index contributed by atoms with van der Waals surface area (Å²) in [6.07, 6.45) is 3.24. The number of rotatable bonds is 6. The van der Waals surface area contributed by atoms with Gasteiger partial charge >= 0.3 is 5.69 Å². The average Bonchev–Trinajstić information content (AvgIpc) is 3.18. The van der Waals surface area contributed by atoms with Crippen LogP contribution in [0.5, 0.6) is 5.75 Å². The second-order valence-corrected chi connectivity index (χ2v) is 7.25. The number of fused-ring (bicyclic) bond motifs is 1. The van der Waals surface area contributed by atoms with Crippen molar-refractivity contribution in [1.82, 2.24) is 18.9 Å². The third kappa shape index (κ3) is 3.73. The lowest BCUT2D eigenvalue weighted by Gasteiger charge is -2.15. The number of benzene rings is 1. The molecule has 0 bridgehead atoms. The molecule has 4 aromatic rings. The lowest BCUT2D eigenvalue weighted by atomic mass is 10.2. The molecule has 29 heavy (non-hydrogen) atoms. The summed E-state index contributed by atoms with van der Waals surface area (Å²) >= 11 is 1.44. The van der Waals surface area contributed by atoms with Crippen LogP contribution in [0.15, 0.2) is 64.8 Å². The summed E-state index contributed by atoms with van der Waals surface area (Å²) in [5.74, 6) is -0.238. The highest BCUT2D eigenvalue weighted by molar-refractivity contribution is 7.99. The minimum Gasteiger partial charge on any atom is -0.485 e. The fourth-order valence-corrected chi connectivity index (χ4v) is 3.61. The largest absolute Gasteiger partial charge is 0.485 e. The van der Waals surface area contributed by atoms with Gasteiger partial charge in [-0.2, -0.15) is 4.98 Å². The van der Waals surface area contributed by atoms with Crippen LogP contribution in [0.4, 0.5) is 8.78 Å². The van der Waals surface area contributed by atoms with Gasteiger partial charge in [0.2, 0.25) is 0 Å². The van der Waals surface area contributed by atoms with Crippen molar-refractivity contribution in [2.45, 2.75) is 18.7 Å². The van der Waals surface area contributed by atoms with Crippen LogP contribution in [0.2, 0.25) is 0 Å². The van der Waals surface area contributed by atoms with Crippen LogP contribution >= 0.6 is 11.8 Å². The smallest absolute Gasteiger partial charge is 0.356 e. The van der Waals surface area contributed by atoms with Gasteiger partial charge in [0, 0.05) is 18.5 Å². The van der Waals surface area contributed by atoms with E-state index in [1.807, 2.05) is 6.92 Å². The molecule has 9 heteroatoms. The fraction of sp³-hybridized carbons (Fsp3) is 0.150. The first-order valence-electron chi connectivity index (χ1n) is 8.83. The molecule has 0 spiro atoms. The maximum Gasteiger partial charge on any atom is 0.356 e. The number of hydrogen-bond acceptors (Lipinski definition) is 5. The molecule has 148 valence electrons. The van der Waals surface area contributed by atoms with E-state index in [2.05, 4.69) is 9.97 Å². The Bertz CT molecular complexity index is 1240. The van der Waals surface area contributed by atoms with Gasteiger partial charge in [0.15, 0.2) is 5.16 Å². The van der Waals surface area contributed by atoms with E-state index in [9.17, 15) is 13.6 Å². The quantitative estimate of drug-likeness (QED) is 0.449. The standard InChI is InChI=1S/C20H16F2N4O2S/c1-2-29-20-24-19(27)26(18-6-4-10-25(18)20)16-8-7-13(21)11-17(16)28-12-15-14(22)5-3-9-23-15/h3-11H,2,12H2,1H3. The van der Waals surface area contributed by atoms with Crippen LogP contribution in [0, 0.1) is 11.6 Å². The van der Waals surface area contributed by atoms with Crippen LogP contribution in [-0.4, -0.2) is 24.7 Å². The molecule has 4 rings (SSSR count). The topological polar surface area (TPSA) is 61.4 Å². The molecular formula is C20H16F2N4O2S. The number of pyridine rings is 1. The number of halogens is 2. The van der Waals surface area contributed by atoms with Gasteiger partial charge < -0.3 is 4.74 Å². The molecule has 3 heterocycles. The normalized spacial score (nSPS) is 11.1. The highest BCUT2D eigenvalue weighted by Gasteiger charge is 2.16. The van der Waals surface area contributed by atoms with Gasteiger partial charge in [-0.25, -0.2) is 18.1 Å². The van der Waals surface area contributed by atoms with Crippen LogP contribution in [-0.2, 0) is 6.61 Å². The van der Waals surface area contributed by atoms with E-state index in [-0.39, 0.29) is 18.1 Å². The van der Waals surface area contributed by atoms with Crippen LogP contribution in [0.25, 0.3) is 11.3 Å². The summed E-state index contributed by atoms with van der Waals surface area (Å²) in [6.45, 7) is 1.75. The van der Waals surface area contributed by atoms with Crippen molar-refractivity contribution in [3.63, 3.8) is 0 Å². The summed E-state index contributed by atoms with van der Waals surface area (Å²) in [5.41, 5.74) is 0.418. The van der Waals surface area contributed by atoms with Crippen LogP contribution < -0.4 is 10.4 Å². The number of thioether (sulfide) groups is 1. The minimum absolute atomic E-state index is 0.0794. The molecule has 1 aromatic carbocycles. The molecule has 0 atom stereocenters. The molecule has 3 aromatic heterocycles. The number of ether oxygens (including phenoxy) is 1. The van der Waals surface area contributed by atoms with Crippen molar-refractivity contribution in [3.05, 3.63) is 82.7 Å². The van der Waals surface area contributed by atoms with Crippen molar-refractivity contribution < 1.29 is 13.5 Å². The summed E-state index contributed by atoms with van der Waals surface area (Å²) < 4.78 is 36.5. The third-order valence-corrected chi connectivity index (χ3v) is 5.02. The zero-order chi connectivity index (χ0) is 20.4. The van der Waals surface area contributed by atoms with E-state index in [1.54, 1.807) is 22.7 Å². The van der Waals surface area contributed by atoms with E-state index in [1.165, 1.54) is 46.8 Å². The molecule has 0 saturated heterocycles. The molecule has 0 aliphatic rings. The van der Waals surface area contributed by atoms with Crippen molar-refractivity contribution in [2.75, 3.05) is 5.75 Å². The van der Waals surface area contributed by atoms with E-state index >= 15 is 0 Å². The first-order chi connectivity index (χ1) is 14.1. The highest BCUT2D eigenvalue weighted by atomic mass is 32.2. The molecule has 0 fully saturated rings. The van der Waals surface area contributed by atoms with Crippen molar-refractivity contribution in [2.24, 2.45) is 0 Å². The molecule has 0 aliphatic carbocycles. The molecule has 0 saturated carbocycles. The summed E-state index contributed by atoms with van der Waals surface area (Å²) in [6, 6.07) is 10.1. The predicted molar refractivity (Wildman–Crippen MR) is 106 cm³/mol. The van der Waals surface area contributed by atoms with Gasteiger partial charge in [0.25, 0.3) is 0 Å². The Kier molecular flexibility index (Phi) is 5.30. The second-order valence-electron chi connectivity index (χ2n) is 6.01. The Balaban J connectivity index is 1.81. The van der Waals surface area contributed by atoms with Crippen molar-refractivity contribution in [1.29, 1.82) is 0 Å². The van der Waals surface area contributed by atoms with Crippen LogP contribution in [0.1, 0.15) is 12.6 Å². The number of aromatic nitrogens is 4. The first kappa shape index (κ1) is 19.1. The Morgan fingerprint density at radius 2 is 2.03 bits per heavy atom. The third-order valence-electron chi connectivity index (χ3n) is 4.18. The van der Waals surface area contributed by atoms with E-state index in [0.29, 0.717) is 16.5 Å². The number of hydrogen-bond donors (Lipinski definition) is 0. The monoisotopic (exact) mass is 414 g/mol. The lowest BCUT2D eigenvalue weighted by molar-refractivity contribution is 0.291. The Labute approximate surface area is 168 Å². The number of nitrogens with zero attached hydrogens (tertiary/aromatic N) is 4. The molecule has 0 aliphatic heterocycles. The van der Waals surface area contributed by atoms with Gasteiger partial charge in [0.05, 0.1) is 5.69 Å². The molecule has 0 N–H and O–H groups in total. The summed E-state index contributed by atoms with van der Waals surface area (Å²) in [4.78, 5) is 20.9. The van der Waals surface area contributed by atoms with Gasteiger partial charge in [-0.15, -0.1) is 0 Å². The predicted octanol–water partition coefficient (Wildman–Crippen LogP) is 3.85. The maximum atomic E-state index is 13.9. The van der Waals surface area contributed by atoms with Crippen molar-refractivity contribution in [3.8, 4) is 11.4 Å². The van der Waals surface area contributed by atoms with Gasteiger partial charge in [-0.05, 0) is 42.2 Å². The van der Waals surface area contributed by atoms with Gasteiger partial charge in [-0.1, -0.05) is 18.7 Å². The fourth-order valence-electron chi connectivity index (χ4n) is 2.92. The Hall–Kier alpha value is -3.20. The van der Waals surface area contributed by atoms with E-state index < -0.39 is 17.3 Å². The maximum absolute atomic E-state index is 13.9. The molecular weight excluding hydrogens is 398 g/mol. The zero-order valence-electron chi connectivity index (χ0n) is 15.4. The highest BCUT2D eigenvalue weighted by Crippen LogP contribution is 2.27. The first-order valence-corrected chi connectivity index (χ1v) is 9.82. The molecule has 0 radical (unpaired) electrons. The second kappa shape index (κ2) is 8.04. The average molecular weight is 414 g/mol. The lowest BCUT2D eigenvalue weighted by Crippen LogP contribution is -2.25. The van der Waals surface area contributed by atoms with Gasteiger partial charge in [-0.3, -0.25) is 9.38 Å². The molecule has 0 amide bonds. The van der Waals surface area contributed by atoms with Crippen molar-refractivity contribution >= 4 is 17.4 Å². The zero-order valence-corrected chi connectivity index (χ0v) is 16.2. The molecule has 0 unspecified atom stereocenters. The Morgan fingerprint density at radius 1 is 1.17 bits per heavy atom. The van der Waals surface area contributed by atoms with E-state index in [0.717, 1.165) is 11.8 Å². The van der Waals surface area contributed by atoms with Gasteiger partial charge in [0.1, 0.15) is 35.3 Å². The Morgan fingerprint density at radius 3 is 2.83 bits per heavy atom. The minimum atomic E-state index is -0.546. The summed E-state index contributed by atoms with van der Waals surface area (Å²) in [7, 11) is 0. The SMILES string of the molecule is CCSc1nc(=O)n(-c2ccc(F)cc2OCc2ncccc2F)c2cccn12. The van der Waals surface area contributed by atoms with E-state index in [4.69, 9.17) is 4.74 Å².